The van der Waals surface area contributed by atoms with Crippen molar-refractivity contribution in [3.05, 3.63) is 24.3 Å². The average molecular weight is 238 g/mol. The second-order valence-electron chi connectivity index (χ2n) is 3.91. The summed E-state index contributed by atoms with van der Waals surface area (Å²) in [5, 5.41) is 0. The van der Waals surface area contributed by atoms with Gasteiger partial charge in [-0.2, -0.15) is 0 Å². The van der Waals surface area contributed by atoms with Gasteiger partial charge >= 0.3 is 0 Å². The normalized spacial score (nSPS) is 20.7. The third-order valence-electron chi connectivity index (χ3n) is 2.96. The number of hydrogen-bond acceptors (Lipinski definition) is 3. The number of rotatable bonds is 2. The maximum absolute atomic E-state index is 5.94. The molecule has 1 aliphatic rings. The van der Waals surface area contributed by atoms with E-state index >= 15 is 0 Å². The van der Waals surface area contributed by atoms with Gasteiger partial charge < -0.3 is 9.30 Å². The number of hydrogen-bond donors (Lipinski definition) is 0. The van der Waals surface area contributed by atoms with Gasteiger partial charge in [0.25, 0.3) is 0 Å². The number of halogens is 1. The van der Waals surface area contributed by atoms with Crippen molar-refractivity contribution in [3.63, 3.8) is 0 Å². The molecule has 0 amide bonds. The van der Waals surface area contributed by atoms with Gasteiger partial charge in [0, 0.05) is 12.8 Å². The molecule has 1 fully saturated rings. The molecule has 0 bridgehead atoms. The van der Waals surface area contributed by atoms with E-state index in [9.17, 15) is 0 Å². The molecule has 2 aromatic heterocycles. The zero-order valence-electron chi connectivity index (χ0n) is 8.77. The lowest BCUT2D eigenvalue weighted by molar-refractivity contribution is 0.187. The second kappa shape index (κ2) is 4.03. The van der Waals surface area contributed by atoms with E-state index in [4.69, 9.17) is 16.3 Å². The summed E-state index contributed by atoms with van der Waals surface area (Å²) in [7, 11) is 0. The monoisotopic (exact) mass is 237 g/mol. The van der Waals surface area contributed by atoms with Crippen LogP contribution in [0.15, 0.2) is 18.5 Å². The maximum atomic E-state index is 5.94. The Hall–Kier alpha value is -1.13. The zero-order valence-corrected chi connectivity index (χ0v) is 9.52. The van der Waals surface area contributed by atoms with Crippen LogP contribution < -0.4 is 0 Å². The minimum absolute atomic E-state index is 0.362. The predicted molar refractivity (Wildman–Crippen MR) is 61.6 cm³/mol. The summed E-state index contributed by atoms with van der Waals surface area (Å²) in [5.74, 6) is 1.32. The van der Waals surface area contributed by atoms with Gasteiger partial charge in [0.05, 0.1) is 30.2 Å². The SMILES string of the molecule is ClCc1nc2cnccc2n1C1CCOC1. The van der Waals surface area contributed by atoms with Crippen LogP contribution >= 0.6 is 11.6 Å². The topological polar surface area (TPSA) is 39.9 Å². The van der Waals surface area contributed by atoms with Crippen molar-refractivity contribution in [1.29, 1.82) is 0 Å². The van der Waals surface area contributed by atoms with Crippen molar-refractivity contribution in [2.24, 2.45) is 0 Å². The van der Waals surface area contributed by atoms with E-state index in [0.717, 1.165) is 36.5 Å². The fourth-order valence-electron chi connectivity index (χ4n) is 2.23. The quantitative estimate of drug-likeness (QED) is 0.752. The van der Waals surface area contributed by atoms with E-state index in [1.54, 1.807) is 12.4 Å². The summed E-state index contributed by atoms with van der Waals surface area (Å²) in [6.07, 6.45) is 4.59. The van der Waals surface area contributed by atoms with E-state index in [1.165, 1.54) is 0 Å². The Morgan fingerprint density at radius 1 is 1.56 bits per heavy atom. The summed E-state index contributed by atoms with van der Waals surface area (Å²) < 4.78 is 7.61. The Labute approximate surface area is 98.2 Å². The summed E-state index contributed by atoms with van der Waals surface area (Å²) in [6, 6.07) is 2.35. The minimum Gasteiger partial charge on any atom is -0.379 e. The van der Waals surface area contributed by atoms with E-state index < -0.39 is 0 Å². The van der Waals surface area contributed by atoms with Gasteiger partial charge in [-0.3, -0.25) is 4.98 Å². The standard InChI is InChI=1S/C11H12ClN3O/c12-5-11-14-9-6-13-3-1-10(9)15(11)8-2-4-16-7-8/h1,3,6,8H,2,4-5,7H2. The van der Waals surface area contributed by atoms with Crippen LogP contribution in [0.3, 0.4) is 0 Å². The first-order valence-corrected chi connectivity index (χ1v) is 5.88. The largest absolute Gasteiger partial charge is 0.379 e. The molecule has 0 saturated carbocycles. The molecule has 3 heterocycles. The number of ether oxygens (including phenoxy) is 1. The van der Waals surface area contributed by atoms with Crippen LogP contribution in [-0.4, -0.2) is 27.7 Å². The van der Waals surface area contributed by atoms with Gasteiger partial charge in [0.15, 0.2) is 0 Å². The fraction of sp³-hybridized carbons (Fsp3) is 0.455. The molecular formula is C11H12ClN3O. The fourth-order valence-corrected chi connectivity index (χ4v) is 2.42. The third kappa shape index (κ3) is 1.49. The molecule has 3 rings (SSSR count). The second-order valence-corrected chi connectivity index (χ2v) is 4.18. The molecule has 5 heteroatoms. The van der Waals surface area contributed by atoms with E-state index in [-0.39, 0.29) is 0 Å². The molecule has 84 valence electrons. The van der Waals surface area contributed by atoms with Crippen molar-refractivity contribution < 1.29 is 4.74 Å². The highest BCUT2D eigenvalue weighted by atomic mass is 35.5. The van der Waals surface area contributed by atoms with E-state index in [2.05, 4.69) is 14.5 Å². The molecule has 1 atom stereocenters. The molecule has 0 spiro atoms. The lowest BCUT2D eigenvalue weighted by Crippen LogP contribution is -2.11. The molecule has 0 aromatic carbocycles. The molecular weight excluding hydrogens is 226 g/mol. The number of aromatic nitrogens is 3. The number of imidazole rings is 1. The van der Waals surface area contributed by atoms with Crippen LogP contribution in [0.2, 0.25) is 0 Å². The van der Waals surface area contributed by atoms with Crippen molar-refractivity contribution in [3.8, 4) is 0 Å². The zero-order chi connectivity index (χ0) is 11.0. The highest BCUT2D eigenvalue weighted by molar-refractivity contribution is 6.16. The Morgan fingerprint density at radius 2 is 2.50 bits per heavy atom. The van der Waals surface area contributed by atoms with Gasteiger partial charge in [-0.25, -0.2) is 4.98 Å². The van der Waals surface area contributed by atoms with Gasteiger partial charge in [0.1, 0.15) is 11.3 Å². The molecule has 0 aliphatic carbocycles. The van der Waals surface area contributed by atoms with Crippen molar-refractivity contribution in [1.82, 2.24) is 14.5 Å². The summed E-state index contributed by atoms with van der Waals surface area (Å²) in [4.78, 5) is 8.57. The van der Waals surface area contributed by atoms with Gasteiger partial charge in [-0.15, -0.1) is 11.6 Å². The highest BCUT2D eigenvalue weighted by Gasteiger charge is 2.22. The minimum atomic E-state index is 0.362. The Kier molecular flexibility index (Phi) is 2.53. The average Bonchev–Trinajstić information content (AvgIpc) is 2.94. The molecule has 1 saturated heterocycles. The number of alkyl halides is 1. The summed E-state index contributed by atoms with van der Waals surface area (Å²) >= 11 is 5.94. The molecule has 0 N–H and O–H groups in total. The van der Waals surface area contributed by atoms with Gasteiger partial charge in [0.2, 0.25) is 0 Å². The van der Waals surface area contributed by atoms with Crippen LogP contribution in [-0.2, 0) is 10.6 Å². The predicted octanol–water partition coefficient (Wildman–Crippen LogP) is 2.13. The maximum Gasteiger partial charge on any atom is 0.125 e. The highest BCUT2D eigenvalue weighted by Crippen LogP contribution is 2.26. The lowest BCUT2D eigenvalue weighted by atomic mass is 10.2. The Bertz CT molecular complexity index is 505. The number of fused-ring (bicyclic) bond motifs is 1. The van der Waals surface area contributed by atoms with Crippen molar-refractivity contribution in [2.75, 3.05) is 13.2 Å². The molecule has 1 unspecified atom stereocenters. The van der Waals surface area contributed by atoms with Crippen LogP contribution in [0.25, 0.3) is 11.0 Å². The number of nitrogens with zero attached hydrogens (tertiary/aromatic N) is 3. The first kappa shape index (κ1) is 10.1. The molecule has 0 radical (unpaired) electrons. The molecule has 1 aliphatic heterocycles. The smallest absolute Gasteiger partial charge is 0.125 e. The van der Waals surface area contributed by atoms with Crippen molar-refractivity contribution in [2.45, 2.75) is 18.3 Å². The van der Waals surface area contributed by atoms with Crippen LogP contribution in [0.5, 0.6) is 0 Å². The van der Waals surface area contributed by atoms with Crippen LogP contribution in [0, 0.1) is 0 Å². The first-order chi connectivity index (χ1) is 7.90. The Balaban J connectivity index is 2.18. The van der Waals surface area contributed by atoms with E-state index in [0.29, 0.717) is 11.9 Å². The van der Waals surface area contributed by atoms with Crippen molar-refractivity contribution >= 4 is 22.6 Å². The molecule has 16 heavy (non-hydrogen) atoms. The van der Waals surface area contributed by atoms with Crippen LogP contribution in [0.1, 0.15) is 18.3 Å². The first-order valence-electron chi connectivity index (χ1n) is 5.34. The van der Waals surface area contributed by atoms with Crippen LogP contribution in [0.4, 0.5) is 0 Å². The number of pyridine rings is 1. The van der Waals surface area contributed by atoms with E-state index in [1.807, 2.05) is 6.07 Å². The molecule has 4 nitrogen and oxygen atoms in total. The lowest BCUT2D eigenvalue weighted by Gasteiger charge is -2.13. The Morgan fingerprint density at radius 3 is 3.25 bits per heavy atom. The third-order valence-corrected chi connectivity index (χ3v) is 3.19. The van der Waals surface area contributed by atoms with Gasteiger partial charge in [-0.05, 0) is 12.5 Å². The summed E-state index contributed by atoms with van der Waals surface area (Å²) in [6.45, 7) is 1.56. The molecule has 2 aromatic rings. The summed E-state index contributed by atoms with van der Waals surface area (Å²) in [5.41, 5.74) is 2.01. The van der Waals surface area contributed by atoms with Gasteiger partial charge in [-0.1, -0.05) is 0 Å².